The van der Waals surface area contributed by atoms with Crippen molar-refractivity contribution in [2.24, 2.45) is 5.73 Å². The van der Waals surface area contributed by atoms with Crippen molar-refractivity contribution in [1.29, 1.82) is 0 Å². The van der Waals surface area contributed by atoms with Crippen LogP contribution in [-0.4, -0.2) is 26.2 Å². The Balaban J connectivity index is 2.92. The lowest BCUT2D eigenvalue weighted by molar-refractivity contribution is -0.116. The number of hydrogen-bond acceptors (Lipinski definition) is 4. The van der Waals surface area contributed by atoms with Gasteiger partial charge in [-0.2, -0.15) is 0 Å². The van der Waals surface area contributed by atoms with Gasteiger partial charge in [0.15, 0.2) is 0 Å². The molecule has 1 unspecified atom stereocenters. The highest BCUT2D eigenvalue weighted by Crippen LogP contribution is 2.37. The Hall–Kier alpha value is -1.27. The Labute approximate surface area is 115 Å². The van der Waals surface area contributed by atoms with E-state index in [1.807, 2.05) is 0 Å². The summed E-state index contributed by atoms with van der Waals surface area (Å²) < 4.78 is 11.1. The predicted molar refractivity (Wildman–Crippen MR) is 74.1 cm³/mol. The molecule has 0 spiro atoms. The standard InChI is InChI=1S/C12H17BrN2O3/c1-7(14)4-11(16)15-8-5-9(17-2)12(13)10(6-8)18-3/h5-7H,4,14H2,1-3H3,(H,15,16). The van der Waals surface area contributed by atoms with E-state index in [0.29, 0.717) is 21.7 Å². The number of nitrogens with one attached hydrogen (secondary N) is 1. The average Bonchev–Trinajstić information content (AvgIpc) is 2.29. The summed E-state index contributed by atoms with van der Waals surface area (Å²) >= 11 is 3.36. The van der Waals surface area contributed by atoms with E-state index in [4.69, 9.17) is 15.2 Å². The number of hydrogen-bond donors (Lipinski definition) is 2. The van der Waals surface area contributed by atoms with E-state index in [1.54, 1.807) is 33.3 Å². The van der Waals surface area contributed by atoms with E-state index in [0.717, 1.165) is 0 Å². The maximum absolute atomic E-state index is 11.6. The van der Waals surface area contributed by atoms with Gasteiger partial charge in [-0.25, -0.2) is 0 Å². The smallest absolute Gasteiger partial charge is 0.225 e. The van der Waals surface area contributed by atoms with Gasteiger partial charge in [0.25, 0.3) is 0 Å². The van der Waals surface area contributed by atoms with Gasteiger partial charge in [-0.05, 0) is 22.9 Å². The Bertz CT molecular complexity index is 410. The minimum absolute atomic E-state index is 0.142. The summed E-state index contributed by atoms with van der Waals surface area (Å²) in [5.74, 6) is 1.03. The van der Waals surface area contributed by atoms with Crippen LogP contribution < -0.4 is 20.5 Å². The topological polar surface area (TPSA) is 73.6 Å². The van der Waals surface area contributed by atoms with Gasteiger partial charge in [0.1, 0.15) is 16.0 Å². The third-order valence-electron chi connectivity index (χ3n) is 2.24. The molecule has 0 radical (unpaired) electrons. The van der Waals surface area contributed by atoms with E-state index in [1.165, 1.54) is 0 Å². The number of nitrogens with two attached hydrogens (primary N) is 1. The van der Waals surface area contributed by atoms with Crippen molar-refractivity contribution < 1.29 is 14.3 Å². The minimum Gasteiger partial charge on any atom is -0.495 e. The van der Waals surface area contributed by atoms with E-state index in [2.05, 4.69) is 21.2 Å². The molecule has 100 valence electrons. The molecule has 0 aliphatic carbocycles. The van der Waals surface area contributed by atoms with Gasteiger partial charge in [-0.1, -0.05) is 0 Å². The molecule has 1 amide bonds. The van der Waals surface area contributed by atoms with Gasteiger partial charge in [0.2, 0.25) is 5.91 Å². The fourth-order valence-electron chi connectivity index (χ4n) is 1.45. The molecule has 3 N–H and O–H groups in total. The Morgan fingerprint density at radius 3 is 2.28 bits per heavy atom. The molecule has 0 aromatic heterocycles. The normalized spacial score (nSPS) is 11.8. The Morgan fingerprint density at radius 2 is 1.89 bits per heavy atom. The van der Waals surface area contributed by atoms with Gasteiger partial charge in [-0.15, -0.1) is 0 Å². The van der Waals surface area contributed by atoms with Crippen LogP contribution in [0.2, 0.25) is 0 Å². The van der Waals surface area contributed by atoms with Crippen LogP contribution in [0.4, 0.5) is 5.69 Å². The molecule has 1 aromatic carbocycles. The van der Waals surface area contributed by atoms with Crippen molar-refractivity contribution in [3.8, 4) is 11.5 Å². The van der Waals surface area contributed by atoms with Crippen molar-refractivity contribution in [1.82, 2.24) is 0 Å². The Kier molecular flexibility index (Phi) is 5.43. The molecule has 1 atom stereocenters. The molecule has 5 nitrogen and oxygen atoms in total. The van der Waals surface area contributed by atoms with Crippen LogP contribution in [0.25, 0.3) is 0 Å². The average molecular weight is 317 g/mol. The first kappa shape index (κ1) is 14.8. The summed E-state index contributed by atoms with van der Waals surface area (Å²) in [5, 5.41) is 2.75. The molecule has 1 aromatic rings. The highest BCUT2D eigenvalue weighted by molar-refractivity contribution is 9.10. The van der Waals surface area contributed by atoms with Crippen LogP contribution in [0.5, 0.6) is 11.5 Å². The maximum atomic E-state index is 11.6. The highest BCUT2D eigenvalue weighted by atomic mass is 79.9. The molecule has 0 aliphatic rings. The molecule has 0 saturated heterocycles. The van der Waals surface area contributed by atoms with Crippen molar-refractivity contribution >= 4 is 27.5 Å². The van der Waals surface area contributed by atoms with Crippen LogP contribution in [0.1, 0.15) is 13.3 Å². The molecule has 1 rings (SSSR count). The van der Waals surface area contributed by atoms with E-state index in [9.17, 15) is 4.79 Å². The number of rotatable bonds is 5. The first-order chi connectivity index (χ1) is 8.47. The van der Waals surface area contributed by atoms with Crippen molar-refractivity contribution in [2.75, 3.05) is 19.5 Å². The molecule has 0 saturated carbocycles. The highest BCUT2D eigenvalue weighted by Gasteiger charge is 2.12. The van der Waals surface area contributed by atoms with Crippen LogP contribution in [0, 0.1) is 0 Å². The molecular weight excluding hydrogens is 300 g/mol. The largest absolute Gasteiger partial charge is 0.495 e. The zero-order chi connectivity index (χ0) is 13.7. The zero-order valence-electron chi connectivity index (χ0n) is 10.6. The summed E-state index contributed by atoms with van der Waals surface area (Å²) in [5.41, 5.74) is 6.17. The summed E-state index contributed by atoms with van der Waals surface area (Å²) in [6.45, 7) is 1.78. The maximum Gasteiger partial charge on any atom is 0.225 e. The summed E-state index contributed by atoms with van der Waals surface area (Å²) in [4.78, 5) is 11.6. The second-order valence-corrected chi connectivity index (χ2v) is 4.72. The number of ether oxygens (including phenoxy) is 2. The first-order valence-corrected chi connectivity index (χ1v) is 6.24. The van der Waals surface area contributed by atoms with Crippen LogP contribution in [0.3, 0.4) is 0 Å². The van der Waals surface area contributed by atoms with E-state index in [-0.39, 0.29) is 18.4 Å². The molecule has 18 heavy (non-hydrogen) atoms. The second kappa shape index (κ2) is 6.61. The number of anilines is 1. The monoisotopic (exact) mass is 316 g/mol. The van der Waals surface area contributed by atoms with Gasteiger partial charge in [0, 0.05) is 30.3 Å². The summed E-state index contributed by atoms with van der Waals surface area (Å²) in [7, 11) is 3.10. The van der Waals surface area contributed by atoms with Crippen molar-refractivity contribution in [3.05, 3.63) is 16.6 Å². The third-order valence-corrected chi connectivity index (χ3v) is 3.02. The van der Waals surface area contributed by atoms with E-state index < -0.39 is 0 Å². The Morgan fingerprint density at radius 1 is 1.39 bits per heavy atom. The third kappa shape index (κ3) is 3.89. The fraction of sp³-hybridized carbons (Fsp3) is 0.417. The van der Waals surface area contributed by atoms with E-state index >= 15 is 0 Å². The number of benzene rings is 1. The molecule has 6 heteroatoms. The number of methoxy groups -OCH3 is 2. The minimum atomic E-state index is -0.177. The number of carbonyl (C=O) groups excluding carboxylic acids is 1. The number of amides is 1. The van der Waals surface area contributed by atoms with Gasteiger partial charge in [0.05, 0.1) is 14.2 Å². The first-order valence-electron chi connectivity index (χ1n) is 5.45. The second-order valence-electron chi connectivity index (χ2n) is 3.92. The fourth-order valence-corrected chi connectivity index (χ4v) is 2.00. The van der Waals surface area contributed by atoms with Gasteiger partial charge < -0.3 is 20.5 Å². The van der Waals surface area contributed by atoms with Crippen LogP contribution in [-0.2, 0) is 4.79 Å². The molecule has 0 fully saturated rings. The number of carbonyl (C=O) groups is 1. The molecule has 0 bridgehead atoms. The van der Waals surface area contributed by atoms with Crippen LogP contribution in [0.15, 0.2) is 16.6 Å². The summed E-state index contributed by atoms with van der Waals surface area (Å²) in [6.07, 6.45) is 0.265. The zero-order valence-corrected chi connectivity index (χ0v) is 12.2. The van der Waals surface area contributed by atoms with Crippen molar-refractivity contribution in [3.63, 3.8) is 0 Å². The molecular formula is C12H17BrN2O3. The molecule has 0 aliphatic heterocycles. The predicted octanol–water partition coefficient (Wildman–Crippen LogP) is 2.14. The van der Waals surface area contributed by atoms with Crippen molar-refractivity contribution in [2.45, 2.75) is 19.4 Å². The quantitative estimate of drug-likeness (QED) is 0.873. The molecule has 0 heterocycles. The lowest BCUT2D eigenvalue weighted by atomic mass is 10.2. The van der Waals surface area contributed by atoms with Gasteiger partial charge >= 0.3 is 0 Å². The lowest BCUT2D eigenvalue weighted by Crippen LogP contribution is -2.24. The SMILES string of the molecule is COc1cc(NC(=O)CC(C)N)cc(OC)c1Br. The number of halogens is 1. The van der Waals surface area contributed by atoms with Gasteiger partial charge in [-0.3, -0.25) is 4.79 Å². The lowest BCUT2D eigenvalue weighted by Gasteiger charge is -2.13. The summed E-state index contributed by atoms with van der Waals surface area (Å²) in [6, 6.07) is 3.25. The van der Waals surface area contributed by atoms with Crippen LogP contribution >= 0.6 is 15.9 Å².